The topological polar surface area (TPSA) is 0 Å². The Hall–Kier alpha value is -1.04. The fourth-order valence-corrected chi connectivity index (χ4v) is 4.92. The van der Waals surface area contributed by atoms with Gasteiger partial charge in [-0.05, 0) is 36.8 Å². The van der Waals surface area contributed by atoms with Crippen molar-refractivity contribution in [2.45, 2.75) is 155 Å². The van der Waals surface area contributed by atoms with Gasteiger partial charge in [-0.3, -0.25) is 0 Å². The van der Waals surface area contributed by atoms with Crippen LogP contribution in [0.3, 0.4) is 0 Å². The van der Waals surface area contributed by atoms with E-state index in [0.717, 1.165) is 0 Å². The molecule has 0 amide bonds. The number of hydrogen-bond acceptors (Lipinski definition) is 0. The molecule has 212 valence electrons. The molecule has 0 saturated carbocycles. The summed E-state index contributed by atoms with van der Waals surface area (Å²) in [5.74, 6) is 0. The van der Waals surface area contributed by atoms with Crippen LogP contribution >= 0.6 is 0 Å². The molecule has 0 bridgehead atoms. The van der Waals surface area contributed by atoms with Gasteiger partial charge in [0.2, 0.25) is 0 Å². The minimum Gasteiger partial charge on any atom is -0.0654 e. The summed E-state index contributed by atoms with van der Waals surface area (Å²) >= 11 is 0. The van der Waals surface area contributed by atoms with Crippen LogP contribution in [-0.2, 0) is 29.9 Å². The van der Waals surface area contributed by atoms with Crippen molar-refractivity contribution in [1.82, 2.24) is 0 Å². The summed E-state index contributed by atoms with van der Waals surface area (Å²) in [5, 5.41) is 0. The van der Waals surface area contributed by atoms with Gasteiger partial charge in [0.15, 0.2) is 0 Å². The second kappa shape index (κ2) is 29.5. The summed E-state index contributed by atoms with van der Waals surface area (Å²) < 4.78 is 0. The van der Waals surface area contributed by atoms with Crippen molar-refractivity contribution in [1.29, 1.82) is 0 Å². The Labute approximate surface area is 243 Å². The molecule has 2 aromatic rings. The van der Waals surface area contributed by atoms with E-state index in [2.05, 4.69) is 74.5 Å². The van der Waals surface area contributed by atoms with Gasteiger partial charge < -0.3 is 0 Å². The van der Waals surface area contributed by atoms with Gasteiger partial charge in [0.25, 0.3) is 0 Å². The molecule has 2 aromatic carbocycles. The third kappa shape index (κ3) is 25.0. The van der Waals surface area contributed by atoms with Crippen molar-refractivity contribution in [3.8, 4) is 0 Å². The van der Waals surface area contributed by atoms with Crippen LogP contribution in [0.5, 0.6) is 0 Å². The predicted octanol–water partition coefficient (Wildman–Crippen LogP) is 12.3. The summed E-state index contributed by atoms with van der Waals surface area (Å²) in [4.78, 5) is 0. The van der Waals surface area contributed by atoms with E-state index in [9.17, 15) is 0 Å². The summed E-state index contributed by atoms with van der Waals surface area (Å²) in [5.41, 5.74) is 2.99. The van der Waals surface area contributed by atoms with E-state index >= 15 is 0 Å². The molecular formula is C36H60Fe. The molecule has 0 unspecified atom stereocenters. The van der Waals surface area contributed by atoms with E-state index in [1.165, 1.54) is 152 Å². The van der Waals surface area contributed by atoms with Gasteiger partial charge in [-0.2, -0.15) is 0 Å². The molecule has 0 heterocycles. The maximum Gasteiger partial charge on any atom is 0 e. The Bertz CT molecular complexity index is 591. The number of unbranched alkanes of at least 4 members (excludes halogenated alkanes) is 18. The minimum atomic E-state index is 0. The van der Waals surface area contributed by atoms with E-state index < -0.39 is 0 Å². The molecular weight excluding hydrogens is 488 g/mol. The molecule has 0 spiro atoms. The third-order valence-electron chi connectivity index (χ3n) is 7.32. The van der Waals surface area contributed by atoms with Crippen LogP contribution in [0.15, 0.2) is 60.7 Å². The van der Waals surface area contributed by atoms with Crippen molar-refractivity contribution < 1.29 is 17.1 Å². The molecule has 0 aliphatic heterocycles. The predicted molar refractivity (Wildman–Crippen MR) is 164 cm³/mol. The van der Waals surface area contributed by atoms with Crippen molar-refractivity contribution in [3.05, 3.63) is 71.8 Å². The second-order valence-corrected chi connectivity index (χ2v) is 10.8. The van der Waals surface area contributed by atoms with Crippen LogP contribution in [0, 0.1) is 0 Å². The monoisotopic (exact) mass is 548 g/mol. The molecule has 0 aliphatic carbocycles. The molecule has 0 nitrogen and oxygen atoms in total. The number of hydrogen-bond donors (Lipinski definition) is 0. The van der Waals surface area contributed by atoms with Gasteiger partial charge in [0.05, 0.1) is 0 Å². The average molecular weight is 549 g/mol. The summed E-state index contributed by atoms with van der Waals surface area (Å²) in [6.45, 7) is 4.57. The first-order valence-corrected chi connectivity index (χ1v) is 15.9. The van der Waals surface area contributed by atoms with Crippen LogP contribution in [0.1, 0.15) is 153 Å². The maximum atomic E-state index is 2.28. The molecule has 37 heavy (non-hydrogen) atoms. The van der Waals surface area contributed by atoms with Crippen molar-refractivity contribution in [2.24, 2.45) is 0 Å². The number of rotatable bonds is 22. The zero-order valence-corrected chi connectivity index (χ0v) is 25.8. The van der Waals surface area contributed by atoms with Crippen LogP contribution in [0.2, 0.25) is 0 Å². The van der Waals surface area contributed by atoms with Gasteiger partial charge in [-0.15, -0.1) is 0 Å². The molecule has 0 N–H and O–H groups in total. The van der Waals surface area contributed by atoms with E-state index in [4.69, 9.17) is 0 Å². The Morgan fingerprint density at radius 1 is 0.324 bits per heavy atom. The van der Waals surface area contributed by atoms with E-state index in [0.29, 0.717) is 0 Å². The van der Waals surface area contributed by atoms with E-state index in [1.54, 1.807) is 0 Å². The third-order valence-corrected chi connectivity index (χ3v) is 7.32. The standard InChI is InChI=1S/2C18H30.Fe/c2*1-2-3-4-5-6-7-8-9-10-12-15-18-16-13-11-14-17-18;/h2*11,13-14,16-17H,2-10,12,15H2,1H3;. The largest absolute Gasteiger partial charge is 0.0654 e. The molecule has 1 heteroatoms. The number of aryl methyl sites for hydroxylation is 2. The Balaban J connectivity index is 0.000000682. The fourth-order valence-electron chi connectivity index (χ4n) is 4.92. The zero-order valence-electron chi connectivity index (χ0n) is 24.7. The Morgan fingerprint density at radius 3 is 0.838 bits per heavy atom. The van der Waals surface area contributed by atoms with Crippen molar-refractivity contribution >= 4 is 0 Å². The van der Waals surface area contributed by atoms with Gasteiger partial charge in [-0.1, -0.05) is 190 Å². The quantitative estimate of drug-likeness (QED) is 0.101. The van der Waals surface area contributed by atoms with Crippen molar-refractivity contribution in [3.63, 3.8) is 0 Å². The summed E-state index contributed by atoms with van der Waals surface area (Å²) in [6.07, 6.45) is 31.0. The Morgan fingerprint density at radius 2 is 0.568 bits per heavy atom. The van der Waals surface area contributed by atoms with Gasteiger partial charge >= 0.3 is 0 Å². The summed E-state index contributed by atoms with van der Waals surface area (Å²) in [7, 11) is 0. The maximum absolute atomic E-state index is 2.28. The first-order valence-electron chi connectivity index (χ1n) is 15.9. The first kappa shape index (κ1) is 36.0. The molecule has 0 saturated heterocycles. The first-order chi connectivity index (χ1) is 17.9. The molecule has 0 aliphatic rings. The smallest absolute Gasteiger partial charge is 0 e. The average Bonchev–Trinajstić information content (AvgIpc) is 2.92. The normalized spacial score (nSPS) is 10.4. The number of benzene rings is 2. The molecule has 0 atom stereocenters. The summed E-state index contributed by atoms with van der Waals surface area (Å²) in [6, 6.07) is 21.8. The molecule has 0 aromatic heterocycles. The van der Waals surface area contributed by atoms with E-state index in [-0.39, 0.29) is 17.1 Å². The van der Waals surface area contributed by atoms with Crippen LogP contribution in [0.25, 0.3) is 0 Å². The van der Waals surface area contributed by atoms with Crippen LogP contribution in [0.4, 0.5) is 0 Å². The second-order valence-electron chi connectivity index (χ2n) is 10.8. The van der Waals surface area contributed by atoms with Crippen LogP contribution < -0.4 is 0 Å². The minimum absolute atomic E-state index is 0. The van der Waals surface area contributed by atoms with Crippen molar-refractivity contribution in [2.75, 3.05) is 0 Å². The molecule has 0 radical (unpaired) electrons. The van der Waals surface area contributed by atoms with Gasteiger partial charge in [0, 0.05) is 17.1 Å². The molecule has 2 rings (SSSR count). The van der Waals surface area contributed by atoms with E-state index in [1.807, 2.05) is 0 Å². The van der Waals surface area contributed by atoms with Gasteiger partial charge in [-0.25, -0.2) is 0 Å². The van der Waals surface area contributed by atoms with Crippen LogP contribution in [-0.4, -0.2) is 0 Å². The fraction of sp³-hybridized carbons (Fsp3) is 0.667. The van der Waals surface area contributed by atoms with Gasteiger partial charge in [0.1, 0.15) is 0 Å². The molecule has 0 fully saturated rings. The SMILES string of the molecule is CCCCCCCCCCCCc1ccccc1.CCCCCCCCCCCCc1ccccc1.[Fe]. The Kier molecular flexibility index (Phi) is 28.7. The zero-order chi connectivity index (χ0) is 25.8.